The van der Waals surface area contributed by atoms with Gasteiger partial charge < -0.3 is 14.6 Å². The van der Waals surface area contributed by atoms with Crippen LogP contribution < -0.4 is 5.32 Å². The second kappa shape index (κ2) is 8.61. The first-order valence-corrected chi connectivity index (χ1v) is 10.6. The molecule has 4 rings (SSSR count). The SMILES string of the molecule is Cc1nc(-c2ccc(CCNC(=O)[C@@H]3CCCN3C(=O)c3ccco3)cc2)cs1. The van der Waals surface area contributed by atoms with Crippen LogP contribution in [0.25, 0.3) is 11.3 Å². The van der Waals surface area contributed by atoms with Crippen molar-refractivity contribution in [3.63, 3.8) is 0 Å². The van der Waals surface area contributed by atoms with Crippen LogP contribution in [-0.2, 0) is 11.2 Å². The molecule has 29 heavy (non-hydrogen) atoms. The Kier molecular flexibility index (Phi) is 5.76. The highest BCUT2D eigenvalue weighted by Gasteiger charge is 2.35. The summed E-state index contributed by atoms with van der Waals surface area (Å²) in [6.07, 6.45) is 3.71. The summed E-state index contributed by atoms with van der Waals surface area (Å²) in [5.41, 5.74) is 3.24. The Hall–Kier alpha value is -2.93. The number of furan rings is 1. The number of carbonyl (C=O) groups is 2. The van der Waals surface area contributed by atoms with Crippen LogP contribution in [0, 0.1) is 6.92 Å². The van der Waals surface area contributed by atoms with E-state index >= 15 is 0 Å². The second-order valence-electron chi connectivity index (χ2n) is 7.12. The molecule has 1 aromatic carbocycles. The maximum Gasteiger partial charge on any atom is 0.290 e. The van der Waals surface area contributed by atoms with Gasteiger partial charge >= 0.3 is 0 Å². The molecule has 0 aliphatic carbocycles. The fourth-order valence-corrected chi connectivity index (χ4v) is 4.23. The van der Waals surface area contributed by atoms with E-state index in [0.717, 1.165) is 34.7 Å². The molecule has 1 aliphatic rings. The Labute approximate surface area is 173 Å². The van der Waals surface area contributed by atoms with Crippen molar-refractivity contribution in [3.8, 4) is 11.3 Å². The first-order valence-electron chi connectivity index (χ1n) is 9.75. The topological polar surface area (TPSA) is 75.4 Å². The minimum Gasteiger partial charge on any atom is -0.459 e. The van der Waals surface area contributed by atoms with E-state index in [4.69, 9.17) is 4.42 Å². The number of thiazole rings is 1. The summed E-state index contributed by atoms with van der Waals surface area (Å²) < 4.78 is 5.19. The molecule has 0 radical (unpaired) electrons. The Morgan fingerprint density at radius 1 is 1.28 bits per heavy atom. The van der Waals surface area contributed by atoms with Crippen molar-refractivity contribution >= 4 is 23.2 Å². The predicted molar refractivity (Wildman–Crippen MR) is 112 cm³/mol. The van der Waals surface area contributed by atoms with E-state index in [1.54, 1.807) is 28.4 Å². The molecule has 6 nitrogen and oxygen atoms in total. The number of rotatable bonds is 6. The lowest BCUT2D eigenvalue weighted by atomic mass is 10.1. The van der Waals surface area contributed by atoms with Gasteiger partial charge in [-0.05, 0) is 43.9 Å². The Morgan fingerprint density at radius 3 is 2.79 bits per heavy atom. The summed E-state index contributed by atoms with van der Waals surface area (Å²) in [6, 6.07) is 11.1. The fraction of sp³-hybridized carbons (Fsp3) is 0.318. The lowest BCUT2D eigenvalue weighted by molar-refractivity contribution is -0.124. The quantitative estimate of drug-likeness (QED) is 0.674. The van der Waals surface area contributed by atoms with E-state index in [9.17, 15) is 9.59 Å². The molecular formula is C22H23N3O3S. The smallest absolute Gasteiger partial charge is 0.290 e. The molecule has 7 heteroatoms. The van der Waals surface area contributed by atoms with Crippen LogP contribution >= 0.6 is 11.3 Å². The highest BCUT2D eigenvalue weighted by atomic mass is 32.1. The maximum absolute atomic E-state index is 12.6. The van der Waals surface area contributed by atoms with Crippen LogP contribution in [0.15, 0.2) is 52.5 Å². The van der Waals surface area contributed by atoms with Gasteiger partial charge in [-0.2, -0.15) is 0 Å². The van der Waals surface area contributed by atoms with Crippen molar-refractivity contribution in [2.75, 3.05) is 13.1 Å². The van der Waals surface area contributed by atoms with Crippen molar-refractivity contribution in [1.82, 2.24) is 15.2 Å². The van der Waals surface area contributed by atoms with E-state index in [1.165, 1.54) is 6.26 Å². The minimum atomic E-state index is -0.428. The molecule has 1 fully saturated rings. The standard InChI is InChI=1S/C22H23N3O3S/c1-15-24-18(14-29-15)17-8-6-16(7-9-17)10-11-23-21(26)19-4-2-12-25(19)22(27)20-5-3-13-28-20/h3,5-9,13-14,19H,2,4,10-12H2,1H3,(H,23,26)/t19-/m0/s1. The third-order valence-electron chi connectivity index (χ3n) is 5.13. The maximum atomic E-state index is 12.6. The third-order valence-corrected chi connectivity index (χ3v) is 5.90. The van der Waals surface area contributed by atoms with Gasteiger partial charge in [-0.3, -0.25) is 9.59 Å². The second-order valence-corrected chi connectivity index (χ2v) is 8.19. The van der Waals surface area contributed by atoms with Crippen molar-refractivity contribution in [2.24, 2.45) is 0 Å². The number of hydrogen-bond acceptors (Lipinski definition) is 5. The molecule has 1 aliphatic heterocycles. The van der Waals surface area contributed by atoms with Gasteiger partial charge in [0.2, 0.25) is 5.91 Å². The van der Waals surface area contributed by atoms with Gasteiger partial charge in [-0.15, -0.1) is 11.3 Å². The molecule has 1 saturated heterocycles. The van der Waals surface area contributed by atoms with Crippen LogP contribution in [0.3, 0.4) is 0 Å². The molecule has 150 valence electrons. The number of amides is 2. The zero-order valence-corrected chi connectivity index (χ0v) is 17.1. The number of nitrogens with zero attached hydrogens (tertiary/aromatic N) is 2. The number of carbonyl (C=O) groups excluding carboxylic acids is 2. The average Bonchev–Trinajstić information content (AvgIpc) is 3.49. The van der Waals surface area contributed by atoms with Crippen molar-refractivity contribution in [2.45, 2.75) is 32.2 Å². The van der Waals surface area contributed by atoms with Crippen LogP contribution in [0.2, 0.25) is 0 Å². The van der Waals surface area contributed by atoms with Crippen molar-refractivity contribution < 1.29 is 14.0 Å². The molecule has 0 bridgehead atoms. The number of aromatic nitrogens is 1. The lowest BCUT2D eigenvalue weighted by Crippen LogP contribution is -2.46. The molecule has 1 atom stereocenters. The van der Waals surface area contributed by atoms with Crippen LogP contribution in [0.1, 0.15) is 34.0 Å². The molecule has 3 heterocycles. The van der Waals surface area contributed by atoms with E-state index in [-0.39, 0.29) is 17.6 Å². The predicted octanol–water partition coefficient (Wildman–Crippen LogP) is 3.68. The summed E-state index contributed by atoms with van der Waals surface area (Å²) in [7, 11) is 0. The van der Waals surface area contributed by atoms with Crippen LogP contribution in [0.5, 0.6) is 0 Å². The third kappa shape index (κ3) is 4.40. The van der Waals surface area contributed by atoms with Crippen LogP contribution in [0.4, 0.5) is 0 Å². The number of aryl methyl sites for hydroxylation is 1. The minimum absolute atomic E-state index is 0.100. The molecule has 2 aromatic heterocycles. The average molecular weight is 410 g/mol. The Balaban J connectivity index is 1.30. The first kappa shape index (κ1) is 19.4. The molecule has 3 aromatic rings. The Bertz CT molecular complexity index is 979. The molecule has 0 saturated carbocycles. The molecule has 1 N–H and O–H groups in total. The van der Waals surface area contributed by atoms with Gasteiger partial charge in [0, 0.05) is 24.0 Å². The van der Waals surface area contributed by atoms with Gasteiger partial charge in [0.05, 0.1) is 17.0 Å². The largest absolute Gasteiger partial charge is 0.459 e. The summed E-state index contributed by atoms with van der Waals surface area (Å²) in [5.74, 6) is -0.0439. The van der Waals surface area contributed by atoms with Gasteiger partial charge in [0.15, 0.2) is 5.76 Å². The van der Waals surface area contributed by atoms with Crippen molar-refractivity contribution in [3.05, 3.63) is 64.4 Å². The van der Waals surface area contributed by atoms with E-state index in [2.05, 4.69) is 39.9 Å². The lowest BCUT2D eigenvalue weighted by Gasteiger charge is -2.23. The zero-order valence-electron chi connectivity index (χ0n) is 16.3. The van der Waals surface area contributed by atoms with Gasteiger partial charge in [-0.1, -0.05) is 24.3 Å². The number of benzene rings is 1. The molecule has 0 spiro atoms. The summed E-state index contributed by atoms with van der Waals surface area (Å²) in [5, 5.41) is 6.09. The number of likely N-dealkylation sites (tertiary alicyclic amines) is 1. The monoisotopic (exact) mass is 409 g/mol. The summed E-state index contributed by atoms with van der Waals surface area (Å²) >= 11 is 1.64. The van der Waals surface area contributed by atoms with Crippen LogP contribution in [-0.4, -0.2) is 40.8 Å². The molecular weight excluding hydrogens is 386 g/mol. The number of hydrogen-bond donors (Lipinski definition) is 1. The van der Waals surface area contributed by atoms with Gasteiger partial charge in [0.1, 0.15) is 6.04 Å². The summed E-state index contributed by atoms with van der Waals surface area (Å²) in [6.45, 7) is 3.11. The van der Waals surface area contributed by atoms with Gasteiger partial charge in [-0.25, -0.2) is 4.98 Å². The molecule has 0 unspecified atom stereocenters. The fourth-order valence-electron chi connectivity index (χ4n) is 3.61. The first-order chi connectivity index (χ1) is 14.1. The van der Waals surface area contributed by atoms with Crippen molar-refractivity contribution in [1.29, 1.82) is 0 Å². The number of nitrogens with one attached hydrogen (secondary N) is 1. The highest BCUT2D eigenvalue weighted by molar-refractivity contribution is 7.09. The highest BCUT2D eigenvalue weighted by Crippen LogP contribution is 2.22. The normalized spacial score (nSPS) is 16.2. The van der Waals surface area contributed by atoms with E-state index in [0.29, 0.717) is 19.5 Å². The Morgan fingerprint density at radius 2 is 2.10 bits per heavy atom. The molecule has 2 amide bonds. The zero-order chi connectivity index (χ0) is 20.2. The van der Waals surface area contributed by atoms with Gasteiger partial charge in [0.25, 0.3) is 5.91 Å². The van der Waals surface area contributed by atoms with E-state index in [1.807, 2.05) is 6.92 Å². The van der Waals surface area contributed by atoms with E-state index < -0.39 is 6.04 Å². The summed E-state index contributed by atoms with van der Waals surface area (Å²) in [4.78, 5) is 31.2.